The highest BCUT2D eigenvalue weighted by Gasteiger charge is 2.49. The van der Waals surface area contributed by atoms with E-state index in [9.17, 15) is 14.7 Å². The van der Waals surface area contributed by atoms with Crippen molar-refractivity contribution in [2.45, 2.75) is 109 Å². The lowest BCUT2D eigenvalue weighted by molar-refractivity contribution is -0.0592. The molecule has 0 radical (unpaired) electrons. The zero-order chi connectivity index (χ0) is 26.1. The molecule has 2 saturated heterocycles. The molecule has 6 heteroatoms. The molecule has 6 nitrogen and oxygen atoms in total. The molecule has 1 N–H and O–H groups in total. The van der Waals surface area contributed by atoms with Gasteiger partial charge in [0.05, 0.1) is 11.0 Å². The van der Waals surface area contributed by atoms with Crippen LogP contribution in [0, 0.1) is 35.5 Å². The maximum atomic E-state index is 13.5. The predicted octanol–water partition coefficient (Wildman–Crippen LogP) is 6.14. The third kappa shape index (κ3) is 4.13. The molecule has 3 heterocycles. The van der Waals surface area contributed by atoms with Crippen LogP contribution in [-0.4, -0.2) is 43.7 Å². The fraction of sp³-hybridized carbons (Fsp3) is 0.719. The van der Waals surface area contributed by atoms with Gasteiger partial charge in [0.1, 0.15) is 0 Å². The highest BCUT2D eigenvalue weighted by atomic mass is 16.4. The van der Waals surface area contributed by atoms with Crippen molar-refractivity contribution in [2.75, 3.05) is 0 Å². The Morgan fingerprint density at radius 3 is 2.45 bits per heavy atom. The van der Waals surface area contributed by atoms with E-state index in [-0.39, 0.29) is 11.7 Å². The van der Waals surface area contributed by atoms with Gasteiger partial charge >= 0.3 is 5.97 Å². The standard InChI is InChI=1S/C32H43N3O3/c1-18-7-12-23-16-25(35-28-6-4-3-5-27(28)33-30(31(35)36)32(37)38)17-29(18)34(23)24-13-20-8-9-22(15-24)19(2)26(14-20)21-10-11-21/h3-6,18-26,29H,7-17H2,1-2H3,(H,37,38). The summed E-state index contributed by atoms with van der Waals surface area (Å²) in [5, 5.41) is 9.76. The number of rotatable bonds is 4. The summed E-state index contributed by atoms with van der Waals surface area (Å²) in [5.74, 6) is 3.94. The molecule has 4 bridgehead atoms. The summed E-state index contributed by atoms with van der Waals surface area (Å²) in [4.78, 5) is 32.7. The van der Waals surface area contributed by atoms with E-state index in [2.05, 4.69) is 23.7 Å². The quantitative estimate of drug-likeness (QED) is 0.527. The number of hydrogen-bond donors (Lipinski definition) is 1. The van der Waals surface area contributed by atoms with Crippen LogP contribution in [0.1, 0.15) is 101 Å². The van der Waals surface area contributed by atoms with Crippen molar-refractivity contribution < 1.29 is 9.90 Å². The topological polar surface area (TPSA) is 75.4 Å². The molecular formula is C32H43N3O3. The Kier molecular flexibility index (Phi) is 6.18. The molecule has 0 amide bonds. The van der Waals surface area contributed by atoms with Gasteiger partial charge in [-0.15, -0.1) is 0 Å². The van der Waals surface area contributed by atoms with Gasteiger partial charge in [0.25, 0.3) is 5.56 Å². The minimum Gasteiger partial charge on any atom is -0.476 e. The number of carboxylic acids is 1. The Morgan fingerprint density at radius 1 is 0.868 bits per heavy atom. The number of piperidine rings is 2. The zero-order valence-electron chi connectivity index (χ0n) is 23.0. The second kappa shape index (κ2) is 9.46. The highest BCUT2D eigenvalue weighted by Crippen LogP contribution is 2.54. The first kappa shape index (κ1) is 24.8. The van der Waals surface area contributed by atoms with Gasteiger partial charge in [-0.2, -0.15) is 0 Å². The first-order valence-corrected chi connectivity index (χ1v) is 15.4. The lowest BCUT2D eigenvalue weighted by Gasteiger charge is -2.56. The first-order chi connectivity index (χ1) is 18.4. The van der Waals surface area contributed by atoms with Crippen LogP contribution in [0.2, 0.25) is 0 Å². The second-order valence-corrected chi connectivity index (χ2v) is 13.7. The normalized spacial score (nSPS) is 39.6. The average Bonchev–Trinajstić information content (AvgIpc) is 3.75. The molecule has 9 unspecified atom stereocenters. The van der Waals surface area contributed by atoms with Crippen LogP contribution < -0.4 is 5.56 Å². The van der Waals surface area contributed by atoms with Crippen molar-refractivity contribution in [1.82, 2.24) is 14.5 Å². The molecule has 2 aliphatic heterocycles. The van der Waals surface area contributed by atoms with E-state index < -0.39 is 11.5 Å². The molecule has 1 aromatic carbocycles. The molecule has 5 aliphatic rings. The summed E-state index contributed by atoms with van der Waals surface area (Å²) in [6.45, 7) is 4.99. The van der Waals surface area contributed by atoms with Crippen LogP contribution in [-0.2, 0) is 0 Å². The Morgan fingerprint density at radius 2 is 1.66 bits per heavy atom. The number of fused-ring (bicyclic) bond motifs is 6. The van der Waals surface area contributed by atoms with Gasteiger partial charge in [-0.1, -0.05) is 32.4 Å². The molecule has 204 valence electrons. The summed E-state index contributed by atoms with van der Waals surface area (Å²) >= 11 is 0. The molecule has 2 aromatic rings. The molecule has 1 aromatic heterocycles. The van der Waals surface area contributed by atoms with Crippen molar-refractivity contribution in [3.8, 4) is 0 Å². The Bertz CT molecular complexity index is 1280. The molecule has 3 saturated carbocycles. The van der Waals surface area contributed by atoms with Gasteiger partial charge in [-0.25, -0.2) is 9.78 Å². The molecular weight excluding hydrogens is 474 g/mol. The minimum absolute atomic E-state index is 0.0194. The Labute approximate surface area is 225 Å². The molecule has 7 rings (SSSR count). The number of benzene rings is 1. The summed E-state index contributed by atoms with van der Waals surface area (Å²) in [7, 11) is 0. The Hall–Kier alpha value is -2.21. The van der Waals surface area contributed by atoms with E-state index in [0.29, 0.717) is 29.6 Å². The maximum absolute atomic E-state index is 13.5. The summed E-state index contributed by atoms with van der Waals surface area (Å²) in [6.07, 6.45) is 14.3. The first-order valence-electron chi connectivity index (χ1n) is 15.4. The SMILES string of the molecule is CC1CCC2CC(n3c(=O)c(C(=O)O)nc4ccccc43)CC1N2C1CC2CCC(C1)C(C)C(C1CC1)C2. The van der Waals surface area contributed by atoms with Crippen molar-refractivity contribution in [2.24, 2.45) is 35.5 Å². The van der Waals surface area contributed by atoms with Gasteiger partial charge in [0.2, 0.25) is 5.69 Å². The average molecular weight is 518 g/mol. The van der Waals surface area contributed by atoms with E-state index in [0.717, 1.165) is 47.9 Å². The fourth-order valence-corrected chi connectivity index (χ4v) is 9.63. The number of nitrogens with zero attached hydrogens (tertiary/aromatic N) is 3. The number of carbonyl (C=O) groups is 1. The van der Waals surface area contributed by atoms with E-state index in [1.54, 1.807) is 0 Å². The van der Waals surface area contributed by atoms with Crippen molar-refractivity contribution in [1.29, 1.82) is 0 Å². The van der Waals surface area contributed by atoms with E-state index >= 15 is 0 Å². The van der Waals surface area contributed by atoms with E-state index in [4.69, 9.17) is 0 Å². The smallest absolute Gasteiger partial charge is 0.360 e. The van der Waals surface area contributed by atoms with Crippen molar-refractivity contribution in [3.05, 3.63) is 40.3 Å². The monoisotopic (exact) mass is 517 g/mol. The zero-order valence-corrected chi connectivity index (χ0v) is 23.0. The minimum atomic E-state index is -1.23. The van der Waals surface area contributed by atoms with Crippen LogP contribution in [0.25, 0.3) is 11.0 Å². The number of aromatic nitrogens is 2. The summed E-state index contributed by atoms with van der Waals surface area (Å²) in [5.41, 5.74) is 0.584. The molecule has 5 fully saturated rings. The van der Waals surface area contributed by atoms with Gasteiger partial charge in [0, 0.05) is 24.2 Å². The maximum Gasteiger partial charge on any atom is 0.360 e. The molecule has 38 heavy (non-hydrogen) atoms. The number of para-hydroxylation sites is 2. The number of hydrogen-bond acceptors (Lipinski definition) is 4. The number of carboxylic acid groups (broad SMARTS) is 1. The van der Waals surface area contributed by atoms with E-state index in [1.807, 2.05) is 28.8 Å². The lowest BCUT2D eigenvalue weighted by atomic mass is 9.70. The third-order valence-electron chi connectivity index (χ3n) is 11.6. The summed E-state index contributed by atoms with van der Waals surface area (Å²) < 4.78 is 1.81. The number of aromatic carboxylic acids is 1. The fourth-order valence-electron chi connectivity index (χ4n) is 9.63. The molecule has 0 spiro atoms. The van der Waals surface area contributed by atoms with Crippen molar-refractivity contribution in [3.63, 3.8) is 0 Å². The van der Waals surface area contributed by atoms with Gasteiger partial charge in [-0.05, 0) is 112 Å². The van der Waals surface area contributed by atoms with Crippen LogP contribution in [0.4, 0.5) is 0 Å². The largest absolute Gasteiger partial charge is 0.476 e. The van der Waals surface area contributed by atoms with Crippen LogP contribution in [0.3, 0.4) is 0 Å². The van der Waals surface area contributed by atoms with Crippen LogP contribution in [0.5, 0.6) is 0 Å². The van der Waals surface area contributed by atoms with E-state index in [1.165, 1.54) is 57.8 Å². The highest BCUT2D eigenvalue weighted by molar-refractivity contribution is 5.88. The molecule has 9 atom stereocenters. The van der Waals surface area contributed by atoms with Crippen molar-refractivity contribution >= 4 is 17.0 Å². The van der Waals surface area contributed by atoms with Gasteiger partial charge < -0.3 is 9.67 Å². The lowest BCUT2D eigenvalue weighted by Crippen LogP contribution is -2.60. The third-order valence-corrected chi connectivity index (χ3v) is 11.6. The Balaban J connectivity index is 1.21. The predicted molar refractivity (Wildman–Crippen MR) is 148 cm³/mol. The van der Waals surface area contributed by atoms with Crippen LogP contribution >= 0.6 is 0 Å². The van der Waals surface area contributed by atoms with Crippen LogP contribution in [0.15, 0.2) is 29.1 Å². The second-order valence-electron chi connectivity index (χ2n) is 13.7. The summed E-state index contributed by atoms with van der Waals surface area (Å²) in [6, 6.07) is 9.17. The van der Waals surface area contributed by atoms with Gasteiger partial charge in [0.15, 0.2) is 0 Å². The molecule has 3 aliphatic carbocycles. The van der Waals surface area contributed by atoms with Gasteiger partial charge in [-0.3, -0.25) is 9.69 Å².